The van der Waals surface area contributed by atoms with Gasteiger partial charge in [0.2, 0.25) is 0 Å². The lowest BCUT2D eigenvalue weighted by Crippen LogP contribution is -2.18. The van der Waals surface area contributed by atoms with Crippen LogP contribution in [0.3, 0.4) is 0 Å². The van der Waals surface area contributed by atoms with Crippen LogP contribution in [0.1, 0.15) is 51.2 Å². The van der Waals surface area contributed by atoms with Gasteiger partial charge in [-0.15, -0.1) is 0 Å². The minimum absolute atomic E-state index is 0.325. The van der Waals surface area contributed by atoms with Gasteiger partial charge in [0.05, 0.1) is 6.10 Å². The smallest absolute Gasteiger partial charge is 0.0787 e. The summed E-state index contributed by atoms with van der Waals surface area (Å²) in [5.41, 5.74) is 2.24. The van der Waals surface area contributed by atoms with Crippen molar-refractivity contribution in [3.63, 3.8) is 0 Å². The number of unbranched alkanes of at least 4 members (excludes halogenated alkanes) is 2. The van der Waals surface area contributed by atoms with Crippen molar-refractivity contribution in [1.82, 2.24) is 0 Å². The summed E-state index contributed by atoms with van der Waals surface area (Å²) < 4.78 is 0. The van der Waals surface area contributed by atoms with Gasteiger partial charge in [-0.25, -0.2) is 0 Å². The van der Waals surface area contributed by atoms with E-state index in [4.69, 9.17) is 0 Å². The summed E-state index contributed by atoms with van der Waals surface area (Å²) in [6, 6.07) is 8.25. The van der Waals surface area contributed by atoms with Crippen molar-refractivity contribution >= 4 is 5.69 Å². The Morgan fingerprint density at radius 1 is 1.12 bits per heavy atom. The predicted molar refractivity (Wildman–Crippen MR) is 74.5 cm³/mol. The van der Waals surface area contributed by atoms with E-state index in [1.54, 1.807) is 0 Å². The zero-order valence-corrected chi connectivity index (χ0v) is 11.3. The van der Waals surface area contributed by atoms with Crippen molar-refractivity contribution in [3.8, 4) is 0 Å². The summed E-state index contributed by atoms with van der Waals surface area (Å²) in [5, 5.41) is 9.72. The number of benzene rings is 1. The quantitative estimate of drug-likeness (QED) is 0.727. The van der Waals surface area contributed by atoms with Crippen LogP contribution in [0, 0.1) is 0 Å². The summed E-state index contributed by atoms with van der Waals surface area (Å²) >= 11 is 0. The zero-order chi connectivity index (χ0) is 12.7. The van der Waals surface area contributed by atoms with Gasteiger partial charge in [0.15, 0.2) is 0 Å². The van der Waals surface area contributed by atoms with Gasteiger partial charge < -0.3 is 10.0 Å². The van der Waals surface area contributed by atoms with Gasteiger partial charge in [-0.3, -0.25) is 0 Å². The Morgan fingerprint density at radius 2 is 1.76 bits per heavy atom. The fourth-order valence-corrected chi connectivity index (χ4v) is 1.91. The Labute approximate surface area is 105 Å². The molecule has 0 aromatic heterocycles. The van der Waals surface area contributed by atoms with Crippen LogP contribution in [-0.2, 0) is 0 Å². The van der Waals surface area contributed by atoms with Gasteiger partial charge >= 0.3 is 0 Å². The first-order chi connectivity index (χ1) is 8.19. The van der Waals surface area contributed by atoms with Crippen molar-refractivity contribution in [3.05, 3.63) is 29.8 Å². The summed E-state index contributed by atoms with van der Waals surface area (Å²) in [6.45, 7) is 5.32. The molecule has 1 N–H and O–H groups in total. The molecule has 0 saturated heterocycles. The third-order valence-electron chi connectivity index (χ3n) is 3.20. The third-order valence-corrected chi connectivity index (χ3v) is 3.20. The van der Waals surface area contributed by atoms with Crippen LogP contribution in [0.25, 0.3) is 0 Å². The normalized spacial score (nSPS) is 12.5. The monoisotopic (exact) mass is 235 g/mol. The first-order valence-corrected chi connectivity index (χ1v) is 6.68. The molecule has 1 aromatic rings. The minimum atomic E-state index is -0.325. The average Bonchev–Trinajstić information content (AvgIpc) is 2.38. The molecule has 1 rings (SSSR count). The van der Waals surface area contributed by atoms with Crippen molar-refractivity contribution in [1.29, 1.82) is 0 Å². The summed E-state index contributed by atoms with van der Waals surface area (Å²) in [6.07, 6.45) is 4.24. The van der Waals surface area contributed by atoms with E-state index in [-0.39, 0.29) is 6.10 Å². The molecule has 0 amide bonds. The molecule has 1 aromatic carbocycles. The molecule has 0 radical (unpaired) electrons. The van der Waals surface area contributed by atoms with Crippen LogP contribution in [0.2, 0.25) is 0 Å². The molecule has 2 heteroatoms. The van der Waals surface area contributed by atoms with Crippen LogP contribution in [0.5, 0.6) is 0 Å². The number of anilines is 1. The lowest BCUT2D eigenvalue weighted by Gasteiger charge is -2.20. The lowest BCUT2D eigenvalue weighted by molar-refractivity contribution is 0.173. The second-order valence-electron chi connectivity index (χ2n) is 4.64. The van der Waals surface area contributed by atoms with Crippen LogP contribution >= 0.6 is 0 Å². The molecule has 17 heavy (non-hydrogen) atoms. The van der Waals surface area contributed by atoms with E-state index in [9.17, 15) is 5.11 Å². The molecule has 0 saturated carbocycles. The summed E-state index contributed by atoms with van der Waals surface area (Å²) in [7, 11) is 2.13. The maximum absolute atomic E-state index is 9.72. The fourth-order valence-electron chi connectivity index (χ4n) is 1.91. The van der Waals surface area contributed by atoms with E-state index in [0.717, 1.165) is 18.5 Å². The number of hydrogen-bond donors (Lipinski definition) is 1. The Morgan fingerprint density at radius 3 is 2.29 bits per heavy atom. The first-order valence-electron chi connectivity index (χ1n) is 6.68. The standard InChI is InChI=1S/C15H25NO/c1-4-6-7-12-16(3)14-10-8-13(9-11-14)15(17)5-2/h8-11,15,17H,4-7,12H2,1-3H3/t15-/m1/s1. The molecule has 96 valence electrons. The molecule has 0 spiro atoms. The highest BCUT2D eigenvalue weighted by atomic mass is 16.3. The highest BCUT2D eigenvalue weighted by Gasteiger charge is 2.05. The SMILES string of the molecule is CCCCCN(C)c1ccc([C@H](O)CC)cc1. The van der Waals surface area contributed by atoms with E-state index in [0.29, 0.717) is 0 Å². The molecule has 0 bridgehead atoms. The Hall–Kier alpha value is -1.02. The van der Waals surface area contributed by atoms with E-state index in [2.05, 4.69) is 31.0 Å². The molecule has 0 aliphatic rings. The van der Waals surface area contributed by atoms with Gasteiger partial charge in [0.1, 0.15) is 0 Å². The van der Waals surface area contributed by atoms with Crippen LogP contribution < -0.4 is 4.90 Å². The number of aliphatic hydroxyl groups is 1. The molecule has 0 unspecified atom stereocenters. The van der Waals surface area contributed by atoms with Crippen LogP contribution in [0.4, 0.5) is 5.69 Å². The third kappa shape index (κ3) is 4.39. The van der Waals surface area contributed by atoms with E-state index in [1.165, 1.54) is 24.9 Å². The number of nitrogens with zero attached hydrogens (tertiary/aromatic N) is 1. The Balaban J connectivity index is 2.54. The molecular weight excluding hydrogens is 210 g/mol. The maximum atomic E-state index is 9.72. The highest BCUT2D eigenvalue weighted by molar-refractivity contribution is 5.47. The predicted octanol–water partition coefficient (Wildman–Crippen LogP) is 3.76. The van der Waals surface area contributed by atoms with Crippen molar-refractivity contribution < 1.29 is 5.11 Å². The van der Waals surface area contributed by atoms with Crippen molar-refractivity contribution in [2.75, 3.05) is 18.5 Å². The highest BCUT2D eigenvalue weighted by Crippen LogP contribution is 2.20. The van der Waals surface area contributed by atoms with Gasteiger partial charge in [-0.05, 0) is 30.5 Å². The first kappa shape index (κ1) is 14.0. The Kier molecular flexibility index (Phi) is 6.06. The maximum Gasteiger partial charge on any atom is 0.0787 e. The average molecular weight is 235 g/mol. The topological polar surface area (TPSA) is 23.5 Å². The lowest BCUT2D eigenvalue weighted by atomic mass is 10.1. The van der Waals surface area contributed by atoms with Crippen LogP contribution in [-0.4, -0.2) is 18.7 Å². The minimum Gasteiger partial charge on any atom is -0.388 e. The summed E-state index contributed by atoms with van der Waals surface area (Å²) in [4.78, 5) is 2.28. The fraction of sp³-hybridized carbons (Fsp3) is 0.600. The molecule has 0 aliphatic carbocycles. The molecule has 1 atom stereocenters. The molecule has 2 nitrogen and oxygen atoms in total. The Bertz CT molecular complexity index is 307. The van der Waals surface area contributed by atoms with Gasteiger partial charge in [-0.1, -0.05) is 38.8 Å². The van der Waals surface area contributed by atoms with E-state index in [1.807, 2.05) is 19.1 Å². The second-order valence-corrected chi connectivity index (χ2v) is 4.64. The van der Waals surface area contributed by atoms with Crippen molar-refractivity contribution in [2.24, 2.45) is 0 Å². The summed E-state index contributed by atoms with van der Waals surface area (Å²) in [5.74, 6) is 0. The molecule has 0 fully saturated rings. The molecule has 0 heterocycles. The van der Waals surface area contributed by atoms with Crippen LogP contribution in [0.15, 0.2) is 24.3 Å². The molecular formula is C15H25NO. The largest absolute Gasteiger partial charge is 0.388 e. The van der Waals surface area contributed by atoms with Gasteiger partial charge in [-0.2, -0.15) is 0 Å². The van der Waals surface area contributed by atoms with E-state index < -0.39 is 0 Å². The van der Waals surface area contributed by atoms with E-state index >= 15 is 0 Å². The number of aliphatic hydroxyl groups excluding tert-OH is 1. The number of hydrogen-bond acceptors (Lipinski definition) is 2. The van der Waals surface area contributed by atoms with Gasteiger partial charge in [0.25, 0.3) is 0 Å². The van der Waals surface area contributed by atoms with Crippen molar-refractivity contribution in [2.45, 2.75) is 45.6 Å². The zero-order valence-electron chi connectivity index (χ0n) is 11.3. The molecule has 0 aliphatic heterocycles. The van der Waals surface area contributed by atoms with Gasteiger partial charge in [0, 0.05) is 19.3 Å². The second kappa shape index (κ2) is 7.33. The number of rotatable bonds is 7.